The van der Waals surface area contributed by atoms with E-state index in [0.717, 1.165) is 5.56 Å². The summed E-state index contributed by atoms with van der Waals surface area (Å²) in [6.07, 6.45) is 3.67. The number of rotatable bonds is 3. The fourth-order valence-corrected chi connectivity index (χ4v) is 1.68. The van der Waals surface area contributed by atoms with Gasteiger partial charge in [-0.05, 0) is 17.7 Å². The van der Waals surface area contributed by atoms with E-state index in [0.29, 0.717) is 24.3 Å². The molecule has 0 spiro atoms. The van der Waals surface area contributed by atoms with E-state index >= 15 is 0 Å². The van der Waals surface area contributed by atoms with Gasteiger partial charge in [-0.3, -0.25) is 9.59 Å². The number of fused-ring (bicyclic) bond motifs is 1. The first kappa shape index (κ1) is 11.4. The van der Waals surface area contributed by atoms with Gasteiger partial charge in [0.2, 0.25) is 0 Å². The number of ketones is 1. The molecule has 17 heavy (non-hydrogen) atoms. The molecule has 0 saturated heterocycles. The van der Waals surface area contributed by atoms with Crippen LogP contribution in [0.1, 0.15) is 28.8 Å². The van der Waals surface area contributed by atoms with Crippen LogP contribution in [-0.4, -0.2) is 23.5 Å². The Morgan fingerprint density at radius 1 is 1.47 bits per heavy atom. The number of ether oxygens (including phenoxy) is 1. The molecular weight excluding hydrogens is 220 g/mol. The summed E-state index contributed by atoms with van der Waals surface area (Å²) < 4.78 is 5.39. The Balaban J connectivity index is 2.19. The molecule has 0 fully saturated rings. The molecule has 0 aliphatic carbocycles. The van der Waals surface area contributed by atoms with Gasteiger partial charge in [-0.2, -0.15) is 0 Å². The summed E-state index contributed by atoms with van der Waals surface area (Å²) in [5, 5.41) is 8.50. The first-order valence-electron chi connectivity index (χ1n) is 5.35. The molecule has 2 rings (SSSR count). The van der Waals surface area contributed by atoms with Crippen LogP contribution in [0.25, 0.3) is 6.08 Å². The monoisotopic (exact) mass is 232 g/mol. The lowest BCUT2D eigenvalue weighted by Gasteiger charge is -2.16. The van der Waals surface area contributed by atoms with Crippen molar-refractivity contribution in [2.45, 2.75) is 12.8 Å². The highest BCUT2D eigenvalue weighted by atomic mass is 16.5. The van der Waals surface area contributed by atoms with Crippen molar-refractivity contribution in [3.05, 3.63) is 35.4 Å². The maximum absolute atomic E-state index is 11.5. The van der Waals surface area contributed by atoms with Gasteiger partial charge in [-0.15, -0.1) is 0 Å². The molecule has 1 heterocycles. The molecule has 0 bridgehead atoms. The highest BCUT2D eigenvalue weighted by molar-refractivity contribution is 5.99. The summed E-state index contributed by atoms with van der Waals surface area (Å²) >= 11 is 0. The summed E-state index contributed by atoms with van der Waals surface area (Å²) in [5.41, 5.74) is 1.44. The normalized spacial score (nSPS) is 14.5. The van der Waals surface area contributed by atoms with E-state index in [2.05, 4.69) is 0 Å². The molecule has 88 valence electrons. The lowest BCUT2D eigenvalue weighted by atomic mass is 10.0. The van der Waals surface area contributed by atoms with Gasteiger partial charge in [0.25, 0.3) is 0 Å². The largest absolute Gasteiger partial charge is 0.492 e. The van der Waals surface area contributed by atoms with E-state index in [4.69, 9.17) is 9.84 Å². The minimum Gasteiger partial charge on any atom is -0.492 e. The van der Waals surface area contributed by atoms with E-state index in [9.17, 15) is 9.59 Å². The van der Waals surface area contributed by atoms with Crippen LogP contribution in [0.15, 0.2) is 24.3 Å². The highest BCUT2D eigenvalue weighted by Crippen LogP contribution is 2.26. The molecule has 4 heteroatoms. The zero-order valence-electron chi connectivity index (χ0n) is 9.18. The third-order valence-electron chi connectivity index (χ3n) is 2.50. The second kappa shape index (κ2) is 4.82. The minimum absolute atomic E-state index is 0.0170. The fraction of sp³-hybridized carbons (Fsp3) is 0.231. The number of Topliss-reactive ketones (excluding diaryl/α,β-unsaturated/α-hetero) is 1. The molecule has 0 amide bonds. The number of hydrogen-bond donors (Lipinski definition) is 1. The molecule has 4 nitrogen and oxygen atoms in total. The van der Waals surface area contributed by atoms with Gasteiger partial charge >= 0.3 is 5.97 Å². The summed E-state index contributed by atoms with van der Waals surface area (Å²) in [5.74, 6) is -0.198. The van der Waals surface area contributed by atoms with Crippen molar-refractivity contribution in [3.8, 4) is 5.75 Å². The molecular formula is C13H12O4. The Morgan fingerprint density at radius 2 is 2.29 bits per heavy atom. The highest BCUT2D eigenvalue weighted by Gasteiger charge is 2.17. The van der Waals surface area contributed by atoms with Crippen molar-refractivity contribution in [3.63, 3.8) is 0 Å². The van der Waals surface area contributed by atoms with Gasteiger partial charge in [-0.25, -0.2) is 0 Å². The second-order valence-corrected chi connectivity index (χ2v) is 3.78. The average molecular weight is 232 g/mol. The van der Waals surface area contributed by atoms with Crippen molar-refractivity contribution in [2.24, 2.45) is 0 Å². The van der Waals surface area contributed by atoms with Crippen molar-refractivity contribution >= 4 is 17.8 Å². The molecule has 0 saturated carbocycles. The predicted molar refractivity (Wildman–Crippen MR) is 62.2 cm³/mol. The molecule has 1 N–H and O–H groups in total. The third-order valence-corrected chi connectivity index (χ3v) is 2.50. The Labute approximate surface area is 98.5 Å². The lowest BCUT2D eigenvalue weighted by molar-refractivity contribution is -0.135. The number of carbonyl (C=O) groups is 2. The van der Waals surface area contributed by atoms with Gasteiger partial charge in [-0.1, -0.05) is 18.2 Å². The average Bonchev–Trinajstić information content (AvgIpc) is 2.29. The van der Waals surface area contributed by atoms with Gasteiger partial charge in [0.1, 0.15) is 5.75 Å². The van der Waals surface area contributed by atoms with E-state index in [1.807, 2.05) is 0 Å². The van der Waals surface area contributed by atoms with E-state index in [1.165, 1.54) is 0 Å². The van der Waals surface area contributed by atoms with Gasteiger partial charge < -0.3 is 9.84 Å². The van der Waals surface area contributed by atoms with Gasteiger partial charge in [0.15, 0.2) is 5.78 Å². The topological polar surface area (TPSA) is 63.6 Å². The molecule has 1 aliphatic rings. The van der Waals surface area contributed by atoms with Crippen LogP contribution < -0.4 is 4.74 Å². The summed E-state index contributed by atoms with van der Waals surface area (Å²) in [4.78, 5) is 21.9. The maximum atomic E-state index is 11.5. The quantitative estimate of drug-likeness (QED) is 0.867. The second-order valence-electron chi connectivity index (χ2n) is 3.78. The SMILES string of the molecule is O=C(O)CC=Cc1ccc2c(c1)OCCC2=O. The van der Waals surface area contributed by atoms with Crippen molar-refractivity contribution in [2.75, 3.05) is 6.61 Å². The van der Waals surface area contributed by atoms with Crippen LogP contribution in [0.3, 0.4) is 0 Å². The molecule has 1 aliphatic heterocycles. The Bertz CT molecular complexity index is 488. The third kappa shape index (κ3) is 2.72. The Morgan fingerprint density at radius 3 is 3.06 bits per heavy atom. The maximum Gasteiger partial charge on any atom is 0.307 e. The van der Waals surface area contributed by atoms with Crippen LogP contribution in [0.5, 0.6) is 5.75 Å². The number of benzene rings is 1. The molecule has 0 radical (unpaired) electrons. The first-order chi connectivity index (χ1) is 8.16. The minimum atomic E-state index is -0.870. The number of carboxylic acid groups (broad SMARTS) is 1. The summed E-state index contributed by atoms with van der Waals surface area (Å²) in [7, 11) is 0. The smallest absolute Gasteiger partial charge is 0.307 e. The van der Waals surface area contributed by atoms with Gasteiger partial charge in [0.05, 0.1) is 18.6 Å². The van der Waals surface area contributed by atoms with E-state index < -0.39 is 5.97 Å². The van der Waals surface area contributed by atoms with E-state index in [-0.39, 0.29) is 12.2 Å². The van der Waals surface area contributed by atoms with Crippen molar-refractivity contribution in [1.29, 1.82) is 0 Å². The molecule has 0 unspecified atom stereocenters. The van der Waals surface area contributed by atoms with Crippen molar-refractivity contribution in [1.82, 2.24) is 0 Å². The molecule has 1 aromatic carbocycles. The van der Waals surface area contributed by atoms with Crippen LogP contribution in [0.4, 0.5) is 0 Å². The van der Waals surface area contributed by atoms with Crippen LogP contribution in [-0.2, 0) is 4.79 Å². The predicted octanol–water partition coefficient (Wildman–Crippen LogP) is 2.14. The summed E-state index contributed by atoms with van der Waals surface area (Å²) in [6, 6.07) is 5.26. The zero-order chi connectivity index (χ0) is 12.3. The van der Waals surface area contributed by atoms with Crippen LogP contribution in [0.2, 0.25) is 0 Å². The van der Waals surface area contributed by atoms with Crippen molar-refractivity contribution < 1.29 is 19.4 Å². The molecule has 0 atom stereocenters. The molecule has 0 aromatic heterocycles. The Kier molecular flexibility index (Phi) is 3.23. The fourth-order valence-electron chi connectivity index (χ4n) is 1.68. The number of carboxylic acids is 1. The number of hydrogen-bond acceptors (Lipinski definition) is 3. The number of carbonyl (C=O) groups excluding carboxylic acids is 1. The summed E-state index contributed by atoms with van der Waals surface area (Å²) in [6.45, 7) is 0.411. The zero-order valence-corrected chi connectivity index (χ0v) is 9.18. The molecule has 1 aromatic rings. The standard InChI is InChI=1S/C13H12O4/c14-11-6-7-17-12-8-9(4-5-10(11)12)2-1-3-13(15)16/h1-2,4-5,8H,3,6-7H2,(H,15,16). The number of aliphatic carboxylic acids is 1. The lowest BCUT2D eigenvalue weighted by Crippen LogP contribution is -2.15. The first-order valence-corrected chi connectivity index (χ1v) is 5.35. The Hall–Kier alpha value is -2.10. The van der Waals surface area contributed by atoms with E-state index in [1.54, 1.807) is 30.4 Å². The van der Waals surface area contributed by atoms with Gasteiger partial charge in [0, 0.05) is 6.42 Å². The van der Waals surface area contributed by atoms with Crippen LogP contribution in [0, 0.1) is 0 Å². The van der Waals surface area contributed by atoms with Crippen LogP contribution >= 0.6 is 0 Å².